The Labute approximate surface area is 89.3 Å². The Morgan fingerprint density at radius 1 is 1.14 bits per heavy atom. The van der Waals surface area contributed by atoms with E-state index in [1.54, 1.807) is 12.1 Å². The molecule has 0 aliphatic heterocycles. The summed E-state index contributed by atoms with van der Waals surface area (Å²) in [5.41, 5.74) is 0.218. The zero-order valence-corrected chi connectivity index (χ0v) is 8.74. The Morgan fingerprint density at radius 2 is 1.79 bits per heavy atom. The monoisotopic (exact) mass is 249 g/mol. The van der Waals surface area contributed by atoms with Gasteiger partial charge in [-0.25, -0.2) is 0 Å². The number of rotatable bonds is 1. The summed E-state index contributed by atoms with van der Waals surface area (Å²) in [5.74, 6) is -1.15. The van der Waals surface area contributed by atoms with E-state index < -0.39 is 5.97 Å². The van der Waals surface area contributed by atoms with Crippen molar-refractivity contribution in [3.05, 3.63) is 46.4 Å². The van der Waals surface area contributed by atoms with Gasteiger partial charge in [0.25, 0.3) is 0 Å². The van der Waals surface area contributed by atoms with E-state index in [1.807, 2.05) is 24.3 Å². The molecule has 2 aromatic carbocycles. The number of halogens is 1. The number of aromatic carboxylic acids is 1. The van der Waals surface area contributed by atoms with Crippen molar-refractivity contribution in [2.45, 2.75) is 0 Å². The molecule has 2 aromatic rings. The number of hydrogen-bond donors (Lipinski definition) is 0. The summed E-state index contributed by atoms with van der Waals surface area (Å²) in [6, 6.07) is 10.7. The van der Waals surface area contributed by atoms with Crippen LogP contribution >= 0.6 is 15.9 Å². The molecule has 0 saturated carbocycles. The lowest BCUT2D eigenvalue weighted by Gasteiger charge is -2.08. The van der Waals surface area contributed by atoms with Gasteiger partial charge in [-0.05, 0) is 11.5 Å². The summed E-state index contributed by atoms with van der Waals surface area (Å²) in [6.45, 7) is 0. The number of carboxylic acid groups (broad SMARTS) is 1. The van der Waals surface area contributed by atoms with E-state index in [2.05, 4.69) is 15.9 Å². The van der Waals surface area contributed by atoms with Crippen LogP contribution in [0.25, 0.3) is 10.8 Å². The minimum Gasteiger partial charge on any atom is -0.545 e. The zero-order valence-electron chi connectivity index (χ0n) is 7.16. The largest absolute Gasteiger partial charge is 0.545 e. The number of fused-ring (bicyclic) bond motifs is 1. The minimum absolute atomic E-state index is 0.218. The van der Waals surface area contributed by atoms with E-state index in [4.69, 9.17) is 0 Å². The molecule has 0 spiro atoms. The van der Waals surface area contributed by atoms with Gasteiger partial charge in [0.2, 0.25) is 0 Å². The second-order valence-electron chi connectivity index (χ2n) is 2.93. The summed E-state index contributed by atoms with van der Waals surface area (Å²) >= 11 is 3.32. The van der Waals surface area contributed by atoms with Gasteiger partial charge in [0, 0.05) is 15.4 Å². The lowest BCUT2D eigenvalue weighted by molar-refractivity contribution is -0.254. The lowest BCUT2D eigenvalue weighted by Crippen LogP contribution is -2.22. The molecule has 0 heterocycles. The normalized spacial score (nSPS) is 10.4. The summed E-state index contributed by atoms with van der Waals surface area (Å²) in [4.78, 5) is 10.8. The molecule has 0 atom stereocenters. The fraction of sp³-hybridized carbons (Fsp3) is 0. The van der Waals surface area contributed by atoms with Crippen LogP contribution in [-0.4, -0.2) is 5.97 Å². The SMILES string of the molecule is O=C([O-])c1cccc2cccc(Br)c12. The first kappa shape index (κ1) is 9.21. The van der Waals surface area contributed by atoms with Gasteiger partial charge in [0.15, 0.2) is 0 Å². The Balaban J connectivity index is 2.91. The first-order valence-corrected chi connectivity index (χ1v) is 4.88. The van der Waals surface area contributed by atoms with E-state index in [9.17, 15) is 9.90 Å². The lowest BCUT2D eigenvalue weighted by atomic mass is 10.1. The molecular weight excluding hydrogens is 244 g/mol. The van der Waals surface area contributed by atoms with Gasteiger partial charge in [-0.3, -0.25) is 0 Å². The van der Waals surface area contributed by atoms with E-state index in [1.165, 1.54) is 0 Å². The molecule has 0 radical (unpaired) electrons. The van der Waals surface area contributed by atoms with Gasteiger partial charge in [-0.2, -0.15) is 0 Å². The van der Waals surface area contributed by atoms with Gasteiger partial charge in [0.05, 0.1) is 5.97 Å². The van der Waals surface area contributed by atoms with E-state index >= 15 is 0 Å². The molecule has 70 valence electrons. The van der Waals surface area contributed by atoms with Gasteiger partial charge in [0.1, 0.15) is 0 Å². The first-order valence-electron chi connectivity index (χ1n) is 4.09. The van der Waals surface area contributed by atoms with Crippen LogP contribution in [0.5, 0.6) is 0 Å². The first-order chi connectivity index (χ1) is 6.70. The molecule has 2 rings (SSSR count). The van der Waals surface area contributed by atoms with E-state index in [0.29, 0.717) is 5.39 Å². The Morgan fingerprint density at radius 3 is 2.43 bits per heavy atom. The van der Waals surface area contributed by atoms with Crippen LogP contribution in [0.3, 0.4) is 0 Å². The summed E-state index contributed by atoms with van der Waals surface area (Å²) in [7, 11) is 0. The van der Waals surface area contributed by atoms with Gasteiger partial charge in [-0.1, -0.05) is 46.3 Å². The smallest absolute Gasteiger partial charge is 0.0721 e. The highest BCUT2D eigenvalue weighted by Gasteiger charge is 2.04. The quantitative estimate of drug-likeness (QED) is 0.776. The van der Waals surface area contributed by atoms with Crippen molar-refractivity contribution in [2.24, 2.45) is 0 Å². The third-order valence-electron chi connectivity index (χ3n) is 2.07. The average molecular weight is 250 g/mol. The van der Waals surface area contributed by atoms with Crippen molar-refractivity contribution in [1.82, 2.24) is 0 Å². The van der Waals surface area contributed by atoms with Crippen molar-refractivity contribution in [3.63, 3.8) is 0 Å². The third-order valence-corrected chi connectivity index (χ3v) is 2.73. The van der Waals surface area contributed by atoms with Crippen LogP contribution in [0.15, 0.2) is 40.9 Å². The summed E-state index contributed by atoms with van der Waals surface area (Å²) in [5, 5.41) is 12.4. The van der Waals surface area contributed by atoms with E-state index in [0.717, 1.165) is 9.86 Å². The van der Waals surface area contributed by atoms with Gasteiger partial charge >= 0.3 is 0 Å². The predicted octanol–water partition coefficient (Wildman–Crippen LogP) is 1.97. The molecule has 3 heteroatoms. The van der Waals surface area contributed by atoms with Crippen LogP contribution in [-0.2, 0) is 0 Å². The summed E-state index contributed by atoms with van der Waals surface area (Å²) in [6.07, 6.45) is 0. The fourth-order valence-electron chi connectivity index (χ4n) is 1.47. The topological polar surface area (TPSA) is 40.1 Å². The molecular formula is C11H6BrO2-. The molecule has 0 bridgehead atoms. The zero-order chi connectivity index (χ0) is 10.1. The number of benzene rings is 2. The molecule has 0 unspecified atom stereocenters. The second-order valence-corrected chi connectivity index (χ2v) is 3.79. The molecule has 0 aliphatic rings. The highest BCUT2D eigenvalue weighted by Crippen LogP contribution is 2.26. The van der Waals surface area contributed by atoms with Gasteiger partial charge in [-0.15, -0.1) is 0 Å². The predicted molar refractivity (Wildman–Crippen MR) is 56.0 cm³/mol. The maximum absolute atomic E-state index is 10.8. The van der Waals surface area contributed by atoms with Crippen molar-refractivity contribution in [1.29, 1.82) is 0 Å². The Bertz CT molecular complexity index is 500. The molecule has 0 saturated heterocycles. The molecule has 0 fully saturated rings. The van der Waals surface area contributed by atoms with Crippen LogP contribution in [0, 0.1) is 0 Å². The van der Waals surface area contributed by atoms with Crippen LogP contribution in [0.1, 0.15) is 10.4 Å². The van der Waals surface area contributed by atoms with Crippen molar-refractivity contribution >= 4 is 32.7 Å². The van der Waals surface area contributed by atoms with Crippen LogP contribution in [0.4, 0.5) is 0 Å². The van der Waals surface area contributed by atoms with Crippen LogP contribution < -0.4 is 5.11 Å². The molecule has 0 aromatic heterocycles. The minimum atomic E-state index is -1.15. The third kappa shape index (κ3) is 1.40. The molecule has 0 N–H and O–H groups in total. The molecule has 14 heavy (non-hydrogen) atoms. The number of carbonyl (C=O) groups is 1. The standard InChI is InChI=1S/C11H7BrO2/c12-9-6-2-4-7-3-1-5-8(10(7)9)11(13)14/h1-6H,(H,13,14)/p-1. The second kappa shape index (κ2) is 3.42. The fourth-order valence-corrected chi connectivity index (χ4v) is 2.06. The highest BCUT2D eigenvalue weighted by atomic mass is 79.9. The summed E-state index contributed by atoms with van der Waals surface area (Å²) < 4.78 is 0.773. The van der Waals surface area contributed by atoms with Crippen molar-refractivity contribution < 1.29 is 9.90 Å². The Kier molecular flexibility index (Phi) is 2.25. The highest BCUT2D eigenvalue weighted by molar-refractivity contribution is 9.10. The maximum Gasteiger partial charge on any atom is 0.0721 e. The molecule has 2 nitrogen and oxygen atoms in total. The van der Waals surface area contributed by atoms with E-state index in [-0.39, 0.29) is 5.56 Å². The molecule has 0 aliphatic carbocycles. The van der Waals surface area contributed by atoms with Gasteiger partial charge < -0.3 is 9.90 Å². The Hall–Kier alpha value is -1.35. The van der Waals surface area contributed by atoms with Crippen LogP contribution in [0.2, 0.25) is 0 Å². The number of hydrogen-bond acceptors (Lipinski definition) is 2. The number of carbonyl (C=O) groups excluding carboxylic acids is 1. The average Bonchev–Trinajstić information content (AvgIpc) is 2.17. The maximum atomic E-state index is 10.8. The van der Waals surface area contributed by atoms with Crippen molar-refractivity contribution in [2.75, 3.05) is 0 Å². The van der Waals surface area contributed by atoms with Crippen molar-refractivity contribution in [3.8, 4) is 0 Å². The molecule has 0 amide bonds. The number of carboxylic acids is 1.